The molecule has 0 saturated carbocycles. The molecule has 54 valence electrons. The Morgan fingerprint density at radius 1 is 1.50 bits per heavy atom. The van der Waals surface area contributed by atoms with Crippen LogP contribution in [0.15, 0.2) is 21.5 Å². The Morgan fingerprint density at radius 2 is 2.10 bits per heavy atom. The monoisotopic (exact) mass is 332 g/mol. The first-order valence-electron chi connectivity index (χ1n) is 2.45. The van der Waals surface area contributed by atoms with Crippen LogP contribution in [0.4, 0.5) is 4.39 Å². The van der Waals surface area contributed by atoms with Crippen LogP contribution in [0.1, 0.15) is 0 Å². The minimum absolute atomic E-state index is 0.265. The van der Waals surface area contributed by atoms with Crippen LogP contribution in [0, 0.1) is 9.39 Å². The Balaban J connectivity index is 3.34. The van der Waals surface area contributed by atoms with Gasteiger partial charge < -0.3 is 0 Å². The van der Waals surface area contributed by atoms with Crippen LogP contribution in [-0.2, 0) is 0 Å². The first kappa shape index (κ1) is 8.80. The summed E-state index contributed by atoms with van der Waals surface area (Å²) in [6.07, 6.45) is 0. The van der Waals surface area contributed by atoms with Crippen LogP contribution in [0.5, 0.6) is 0 Å². The van der Waals surface area contributed by atoms with Gasteiger partial charge in [0.1, 0.15) is 0 Å². The highest BCUT2D eigenvalue weighted by molar-refractivity contribution is 14.1. The molecular weight excluding hydrogens is 330 g/mol. The van der Waals surface area contributed by atoms with Gasteiger partial charge in [-0.3, -0.25) is 0 Å². The van der Waals surface area contributed by atoms with Gasteiger partial charge in [-0.15, -0.1) is 12.6 Å². The first-order valence-corrected chi connectivity index (χ1v) is 4.77. The Hall–Kier alpha value is 0.710. The smallest absolute Gasteiger partial charge is 0.150 e. The quantitative estimate of drug-likeness (QED) is 0.420. The SMILES string of the molecule is Fc1c(S)ccc(Br)c1I. The molecule has 0 heterocycles. The van der Waals surface area contributed by atoms with E-state index in [1.165, 1.54) is 0 Å². The molecule has 0 nitrogen and oxygen atoms in total. The maximum atomic E-state index is 12.9. The predicted octanol–water partition coefficient (Wildman–Crippen LogP) is 3.48. The molecule has 0 unspecified atom stereocenters. The van der Waals surface area contributed by atoms with Crippen molar-refractivity contribution in [3.05, 3.63) is 26.0 Å². The average Bonchev–Trinajstić information content (AvgIpc) is 1.93. The van der Waals surface area contributed by atoms with E-state index in [0.29, 0.717) is 8.47 Å². The van der Waals surface area contributed by atoms with E-state index in [4.69, 9.17) is 0 Å². The Bertz CT molecular complexity index is 237. The molecule has 10 heavy (non-hydrogen) atoms. The molecule has 1 rings (SSSR count). The Morgan fingerprint density at radius 3 is 2.60 bits per heavy atom. The van der Waals surface area contributed by atoms with Crippen LogP contribution in [-0.4, -0.2) is 0 Å². The van der Waals surface area contributed by atoms with Crippen molar-refractivity contribution in [1.29, 1.82) is 0 Å². The molecule has 4 heteroatoms. The molecular formula is C6H3BrFIS. The fourth-order valence-electron chi connectivity index (χ4n) is 0.516. The van der Waals surface area contributed by atoms with E-state index in [1.807, 2.05) is 22.6 Å². The molecule has 1 aromatic carbocycles. The van der Waals surface area contributed by atoms with Gasteiger partial charge >= 0.3 is 0 Å². The van der Waals surface area contributed by atoms with Crippen molar-refractivity contribution >= 4 is 51.1 Å². The molecule has 0 amide bonds. The molecule has 0 atom stereocenters. The predicted molar refractivity (Wildman–Crippen MR) is 54.1 cm³/mol. The number of thiol groups is 1. The molecule has 0 bridgehead atoms. The van der Waals surface area contributed by atoms with E-state index in [2.05, 4.69) is 28.6 Å². The fourth-order valence-corrected chi connectivity index (χ4v) is 1.69. The topological polar surface area (TPSA) is 0 Å². The van der Waals surface area contributed by atoms with E-state index in [9.17, 15) is 4.39 Å². The largest absolute Gasteiger partial charge is 0.205 e. The van der Waals surface area contributed by atoms with Crippen molar-refractivity contribution in [2.24, 2.45) is 0 Å². The van der Waals surface area contributed by atoms with E-state index in [0.717, 1.165) is 4.47 Å². The van der Waals surface area contributed by atoms with E-state index in [-0.39, 0.29) is 5.82 Å². The van der Waals surface area contributed by atoms with Gasteiger partial charge in [0.25, 0.3) is 0 Å². The summed E-state index contributed by atoms with van der Waals surface area (Å²) in [4.78, 5) is 0.382. The summed E-state index contributed by atoms with van der Waals surface area (Å²) in [6.45, 7) is 0. The van der Waals surface area contributed by atoms with Gasteiger partial charge in [0.05, 0.1) is 3.57 Å². The summed E-state index contributed by atoms with van der Waals surface area (Å²) < 4.78 is 14.2. The zero-order chi connectivity index (χ0) is 7.72. The van der Waals surface area contributed by atoms with E-state index in [1.54, 1.807) is 12.1 Å². The molecule has 0 fully saturated rings. The minimum atomic E-state index is -0.265. The van der Waals surface area contributed by atoms with Crippen LogP contribution < -0.4 is 0 Å². The van der Waals surface area contributed by atoms with Gasteiger partial charge in [-0.2, -0.15) is 0 Å². The minimum Gasteiger partial charge on any atom is -0.205 e. The van der Waals surface area contributed by atoms with E-state index < -0.39 is 0 Å². The summed E-state index contributed by atoms with van der Waals surface area (Å²) in [7, 11) is 0. The highest BCUT2D eigenvalue weighted by Crippen LogP contribution is 2.25. The van der Waals surface area contributed by atoms with Gasteiger partial charge in [0, 0.05) is 9.37 Å². The summed E-state index contributed by atoms with van der Waals surface area (Å²) in [5, 5.41) is 0. The highest BCUT2D eigenvalue weighted by atomic mass is 127. The second kappa shape index (κ2) is 3.40. The number of rotatable bonds is 0. The Kier molecular flexibility index (Phi) is 3.00. The molecule has 0 spiro atoms. The standard InChI is InChI=1S/C6H3BrFIS/c7-3-1-2-4(10)5(8)6(3)9/h1-2,10H. The van der Waals surface area contributed by atoms with Gasteiger partial charge in [-0.25, -0.2) is 4.39 Å². The molecule has 0 aromatic heterocycles. The van der Waals surface area contributed by atoms with Crippen LogP contribution in [0.25, 0.3) is 0 Å². The number of benzene rings is 1. The number of hydrogen-bond donors (Lipinski definition) is 1. The summed E-state index contributed by atoms with van der Waals surface area (Å²) in [5.41, 5.74) is 0. The first-order chi connectivity index (χ1) is 4.63. The lowest BCUT2D eigenvalue weighted by atomic mass is 10.3. The normalized spacial score (nSPS) is 10.0. The lowest BCUT2D eigenvalue weighted by Crippen LogP contribution is -1.84. The maximum absolute atomic E-state index is 12.9. The van der Waals surface area contributed by atoms with Crippen molar-refractivity contribution in [3.63, 3.8) is 0 Å². The average molecular weight is 333 g/mol. The third-order valence-electron chi connectivity index (χ3n) is 1.01. The zero-order valence-electron chi connectivity index (χ0n) is 4.74. The number of hydrogen-bond acceptors (Lipinski definition) is 1. The second-order valence-electron chi connectivity index (χ2n) is 1.69. The summed E-state index contributed by atoms with van der Waals surface area (Å²) in [6, 6.07) is 3.39. The van der Waals surface area contributed by atoms with Gasteiger partial charge in [0.2, 0.25) is 0 Å². The maximum Gasteiger partial charge on any atom is 0.150 e. The molecule has 0 saturated heterocycles. The molecule has 1 aromatic rings. The number of halogens is 3. The van der Waals surface area contributed by atoms with Crippen molar-refractivity contribution in [1.82, 2.24) is 0 Å². The molecule has 0 aliphatic heterocycles. The molecule has 0 radical (unpaired) electrons. The summed E-state index contributed by atoms with van der Waals surface area (Å²) in [5.74, 6) is -0.265. The van der Waals surface area contributed by atoms with Crippen LogP contribution >= 0.6 is 51.1 Å². The zero-order valence-corrected chi connectivity index (χ0v) is 9.37. The van der Waals surface area contributed by atoms with E-state index >= 15 is 0 Å². The van der Waals surface area contributed by atoms with Crippen LogP contribution in [0.2, 0.25) is 0 Å². The highest BCUT2D eigenvalue weighted by Gasteiger charge is 2.05. The third kappa shape index (κ3) is 1.65. The fraction of sp³-hybridized carbons (Fsp3) is 0. The summed E-state index contributed by atoms with van der Waals surface area (Å²) >= 11 is 9.04. The lowest BCUT2D eigenvalue weighted by molar-refractivity contribution is 0.593. The molecule has 0 N–H and O–H groups in total. The third-order valence-corrected chi connectivity index (χ3v) is 3.82. The van der Waals surface area contributed by atoms with Gasteiger partial charge in [0.15, 0.2) is 5.82 Å². The van der Waals surface area contributed by atoms with Gasteiger partial charge in [-0.1, -0.05) is 0 Å². The van der Waals surface area contributed by atoms with Crippen molar-refractivity contribution < 1.29 is 4.39 Å². The van der Waals surface area contributed by atoms with Gasteiger partial charge in [-0.05, 0) is 50.7 Å². The Labute approximate surface area is 85.9 Å². The van der Waals surface area contributed by atoms with Crippen LogP contribution in [0.3, 0.4) is 0 Å². The lowest BCUT2D eigenvalue weighted by Gasteiger charge is -1.98. The van der Waals surface area contributed by atoms with Crippen molar-refractivity contribution in [2.45, 2.75) is 4.90 Å². The second-order valence-corrected chi connectivity index (χ2v) is 4.11. The van der Waals surface area contributed by atoms with Crippen molar-refractivity contribution in [3.8, 4) is 0 Å². The molecule has 0 aliphatic carbocycles. The molecule has 0 aliphatic rings. The van der Waals surface area contributed by atoms with Crippen molar-refractivity contribution in [2.75, 3.05) is 0 Å².